The molecule has 4 rings (SSSR count). The number of nitrogens with two attached hydrogens (primary N) is 1. The minimum absolute atomic E-state index is 0.0410. The van der Waals surface area contributed by atoms with Crippen LogP contribution in [0.25, 0.3) is 11.1 Å². The van der Waals surface area contributed by atoms with Crippen molar-refractivity contribution in [1.82, 2.24) is 4.90 Å². The van der Waals surface area contributed by atoms with Gasteiger partial charge in [0.1, 0.15) is 23.6 Å². The number of amidine groups is 1. The average Bonchev–Trinajstić information content (AvgIpc) is 3.20. The van der Waals surface area contributed by atoms with Gasteiger partial charge < -0.3 is 20.1 Å². The first-order valence-corrected chi connectivity index (χ1v) is 12.9. The molecule has 1 aliphatic heterocycles. The summed E-state index contributed by atoms with van der Waals surface area (Å²) in [6, 6.07) is 25.3. The van der Waals surface area contributed by atoms with Gasteiger partial charge in [-0.1, -0.05) is 66.7 Å². The Balaban J connectivity index is 1.39. The molecule has 1 fully saturated rings. The summed E-state index contributed by atoms with van der Waals surface area (Å²) in [5.41, 5.74) is 8.33. The third-order valence-corrected chi connectivity index (χ3v) is 7.24. The molecular weight excluding hydrogens is 478 g/mol. The maximum atomic E-state index is 13.3. The fourth-order valence-electron chi connectivity index (χ4n) is 5.01. The summed E-state index contributed by atoms with van der Waals surface area (Å²) < 4.78 is 11.1. The predicted octanol–water partition coefficient (Wildman–Crippen LogP) is 4.82. The highest BCUT2D eigenvalue weighted by Crippen LogP contribution is 2.38. The Bertz CT molecular complexity index is 1260. The van der Waals surface area contributed by atoms with Crippen LogP contribution in [0.1, 0.15) is 37.3 Å². The smallest absolute Gasteiger partial charge is 0.321 e. The van der Waals surface area contributed by atoms with Crippen molar-refractivity contribution in [2.24, 2.45) is 11.1 Å². The third kappa shape index (κ3) is 6.05. The molecule has 7 heteroatoms. The van der Waals surface area contributed by atoms with Crippen molar-refractivity contribution in [3.05, 3.63) is 90.0 Å². The molecule has 38 heavy (non-hydrogen) atoms. The van der Waals surface area contributed by atoms with Crippen molar-refractivity contribution in [3.63, 3.8) is 0 Å². The maximum Gasteiger partial charge on any atom is 0.321 e. The fourth-order valence-corrected chi connectivity index (χ4v) is 5.01. The van der Waals surface area contributed by atoms with Gasteiger partial charge in [-0.3, -0.25) is 15.0 Å². The van der Waals surface area contributed by atoms with E-state index in [-0.39, 0.29) is 17.8 Å². The lowest BCUT2D eigenvalue weighted by atomic mass is 9.87. The highest BCUT2D eigenvalue weighted by molar-refractivity contribution is 6.04. The monoisotopic (exact) mass is 513 g/mol. The second-order valence-corrected chi connectivity index (χ2v) is 9.95. The number of nitrogens with one attached hydrogen (secondary N) is 1. The molecule has 0 aliphatic carbocycles. The quantitative estimate of drug-likeness (QED) is 0.126. The number of ether oxygens (including phenoxy) is 2. The summed E-state index contributed by atoms with van der Waals surface area (Å²) in [5.74, 6) is 0.0397. The minimum Gasteiger partial charge on any atom is -0.491 e. The Morgan fingerprint density at radius 3 is 2.24 bits per heavy atom. The van der Waals surface area contributed by atoms with Crippen LogP contribution < -0.4 is 10.5 Å². The van der Waals surface area contributed by atoms with E-state index in [9.17, 15) is 9.59 Å². The van der Waals surface area contributed by atoms with Crippen molar-refractivity contribution in [2.45, 2.75) is 38.6 Å². The first-order valence-electron chi connectivity index (χ1n) is 12.9. The topological polar surface area (TPSA) is 106 Å². The number of carbonyl (C=O) groups excluding carboxylic acids is 2. The van der Waals surface area contributed by atoms with Gasteiger partial charge in [-0.15, -0.1) is 0 Å². The van der Waals surface area contributed by atoms with E-state index in [4.69, 9.17) is 20.6 Å². The zero-order valence-electron chi connectivity index (χ0n) is 22.0. The lowest BCUT2D eigenvalue weighted by Crippen LogP contribution is -2.41. The van der Waals surface area contributed by atoms with Gasteiger partial charge in [-0.25, -0.2) is 0 Å². The number of nitrogen functional groups attached to an aromatic ring is 1. The van der Waals surface area contributed by atoms with Crippen molar-refractivity contribution in [1.29, 1.82) is 5.41 Å². The number of aryl methyl sites for hydroxylation is 1. The number of benzene rings is 3. The van der Waals surface area contributed by atoms with E-state index >= 15 is 0 Å². The molecule has 198 valence electrons. The van der Waals surface area contributed by atoms with Crippen LogP contribution in [0.4, 0.5) is 0 Å². The molecule has 3 aromatic carbocycles. The maximum absolute atomic E-state index is 13.3. The number of rotatable bonds is 11. The number of methoxy groups -OCH3 is 1. The van der Waals surface area contributed by atoms with Gasteiger partial charge >= 0.3 is 5.97 Å². The molecule has 1 aliphatic rings. The molecule has 7 nitrogen and oxygen atoms in total. The standard InChI is InChI=1S/C31H35N3O4/c1-31(30(36)37-2)20-26(34(29(31)35)19-7-6-10-22-8-4-3-5-9-22)21-38-27-17-15-24(16-18-27)23-11-13-25(14-12-23)28(32)33/h3-5,8-9,11-18,26H,6-7,10,19-21H2,1-2H3,(H3,32,33)/t26-,31-/m0/s1. The number of nitrogens with zero attached hydrogens (tertiary/aromatic N) is 1. The molecule has 2 atom stereocenters. The average molecular weight is 514 g/mol. The van der Waals surface area contributed by atoms with Gasteiger partial charge in [-0.05, 0) is 61.4 Å². The molecule has 0 bridgehead atoms. The van der Waals surface area contributed by atoms with Crippen molar-refractivity contribution in [3.8, 4) is 16.9 Å². The minimum atomic E-state index is -1.20. The van der Waals surface area contributed by atoms with Gasteiger partial charge in [0.25, 0.3) is 0 Å². The second-order valence-electron chi connectivity index (χ2n) is 9.95. The first-order chi connectivity index (χ1) is 18.3. The second kappa shape index (κ2) is 11.9. The molecule has 0 aromatic heterocycles. The van der Waals surface area contributed by atoms with E-state index in [2.05, 4.69) is 12.1 Å². The first kappa shape index (κ1) is 26.9. The van der Waals surface area contributed by atoms with E-state index < -0.39 is 11.4 Å². The molecule has 0 radical (unpaired) electrons. The molecule has 1 saturated heterocycles. The number of likely N-dealkylation sites (tertiary alicyclic amines) is 1. The number of unbranched alkanes of at least 4 members (excludes halogenated alkanes) is 1. The third-order valence-electron chi connectivity index (χ3n) is 7.24. The Morgan fingerprint density at radius 2 is 1.63 bits per heavy atom. The Morgan fingerprint density at radius 1 is 1.00 bits per heavy atom. The van der Waals surface area contributed by atoms with E-state index in [1.54, 1.807) is 11.8 Å². The molecule has 0 spiro atoms. The van der Waals surface area contributed by atoms with Crippen LogP contribution in [0, 0.1) is 10.8 Å². The van der Waals surface area contributed by atoms with Gasteiger partial charge in [0.05, 0.1) is 13.2 Å². The zero-order valence-corrected chi connectivity index (χ0v) is 22.0. The predicted molar refractivity (Wildman–Crippen MR) is 148 cm³/mol. The summed E-state index contributed by atoms with van der Waals surface area (Å²) in [6.07, 6.45) is 3.09. The molecule has 1 heterocycles. The lowest BCUT2D eigenvalue weighted by molar-refractivity contribution is -0.157. The van der Waals surface area contributed by atoms with Gasteiger partial charge in [0.2, 0.25) is 5.91 Å². The van der Waals surface area contributed by atoms with Crippen molar-refractivity contribution >= 4 is 17.7 Å². The highest BCUT2D eigenvalue weighted by atomic mass is 16.5. The van der Waals surface area contributed by atoms with Crippen LogP contribution in [0.2, 0.25) is 0 Å². The molecular formula is C31H35N3O4. The number of hydrogen-bond donors (Lipinski definition) is 2. The molecule has 1 amide bonds. The van der Waals surface area contributed by atoms with Crippen LogP contribution in [-0.2, 0) is 20.7 Å². The van der Waals surface area contributed by atoms with Gasteiger partial charge in [-0.2, -0.15) is 0 Å². The normalized spacial score (nSPS) is 18.8. The van der Waals surface area contributed by atoms with E-state index in [1.807, 2.05) is 66.7 Å². The number of esters is 1. The van der Waals surface area contributed by atoms with Crippen LogP contribution in [-0.4, -0.2) is 48.9 Å². The van der Waals surface area contributed by atoms with Crippen LogP contribution in [0.3, 0.4) is 0 Å². The van der Waals surface area contributed by atoms with E-state index in [0.717, 1.165) is 30.4 Å². The van der Waals surface area contributed by atoms with Gasteiger partial charge in [0.15, 0.2) is 0 Å². The zero-order chi connectivity index (χ0) is 27.1. The largest absolute Gasteiger partial charge is 0.491 e. The summed E-state index contributed by atoms with van der Waals surface area (Å²) in [4.78, 5) is 27.7. The Kier molecular flexibility index (Phi) is 8.46. The Hall–Kier alpha value is -4.13. The number of hydrogen-bond acceptors (Lipinski definition) is 5. The fraction of sp³-hybridized carbons (Fsp3) is 0.323. The van der Waals surface area contributed by atoms with Crippen LogP contribution in [0.5, 0.6) is 5.75 Å². The summed E-state index contributed by atoms with van der Waals surface area (Å²) in [7, 11) is 1.32. The summed E-state index contributed by atoms with van der Waals surface area (Å²) in [5, 5.41) is 7.54. The van der Waals surface area contributed by atoms with E-state index in [1.165, 1.54) is 12.7 Å². The molecule has 3 N–H and O–H groups in total. The summed E-state index contributed by atoms with van der Waals surface area (Å²) >= 11 is 0. The molecule has 0 saturated carbocycles. The SMILES string of the molecule is COC(=O)[C@@]1(C)C[C@@H](COc2ccc(-c3ccc(C(=N)N)cc3)cc2)N(CCCCc2ccccc2)C1=O. The summed E-state index contributed by atoms with van der Waals surface area (Å²) in [6.45, 7) is 2.54. The number of amides is 1. The lowest BCUT2D eigenvalue weighted by Gasteiger charge is -2.25. The Labute approximate surface area is 224 Å². The van der Waals surface area contributed by atoms with Crippen LogP contribution in [0.15, 0.2) is 78.9 Å². The number of carbonyl (C=O) groups is 2. The molecule has 0 unspecified atom stereocenters. The van der Waals surface area contributed by atoms with Crippen molar-refractivity contribution < 1.29 is 19.1 Å². The van der Waals surface area contributed by atoms with E-state index in [0.29, 0.717) is 30.9 Å². The highest BCUT2D eigenvalue weighted by Gasteiger charge is 2.54. The van der Waals surface area contributed by atoms with Gasteiger partial charge in [0, 0.05) is 12.1 Å². The molecule has 3 aromatic rings. The van der Waals surface area contributed by atoms with Crippen molar-refractivity contribution in [2.75, 3.05) is 20.3 Å². The van der Waals surface area contributed by atoms with Crippen LogP contribution >= 0.6 is 0 Å².